The predicted molar refractivity (Wildman–Crippen MR) is 58.7 cm³/mol. The van der Waals surface area contributed by atoms with Crippen molar-refractivity contribution in [3.63, 3.8) is 0 Å². The molecule has 66 valence electrons. The van der Waals surface area contributed by atoms with Crippen molar-refractivity contribution in [3.8, 4) is 0 Å². The number of hydrogen-bond acceptors (Lipinski definition) is 0. The topological polar surface area (TPSA) is 0 Å². The Bertz CT molecular complexity index is 461. The van der Waals surface area contributed by atoms with Crippen LogP contribution in [0.25, 0.3) is 10.8 Å². The zero-order valence-electron chi connectivity index (χ0n) is 7.14. The number of fused-ring (bicyclic) bond motifs is 1. The number of rotatable bonds is 0. The van der Waals surface area contributed by atoms with E-state index >= 15 is 0 Å². The molecule has 0 aromatic heterocycles. The number of halogens is 2. The Morgan fingerprint density at radius 3 is 2.46 bits per heavy atom. The quantitative estimate of drug-likeness (QED) is 0.603. The zero-order valence-corrected chi connectivity index (χ0v) is 8.65. The van der Waals surface area contributed by atoms with Gasteiger partial charge in [0.2, 0.25) is 0 Å². The van der Waals surface area contributed by atoms with Gasteiger partial charge in [0.1, 0.15) is 0 Å². The highest BCUT2D eigenvalue weighted by Crippen LogP contribution is 2.33. The van der Waals surface area contributed by atoms with Gasteiger partial charge >= 0.3 is 0 Å². The molecule has 0 radical (unpaired) electrons. The van der Waals surface area contributed by atoms with E-state index < -0.39 is 0 Å². The number of benzene rings is 2. The fourth-order valence-corrected chi connectivity index (χ4v) is 1.89. The molecule has 0 nitrogen and oxygen atoms in total. The Hall–Kier alpha value is -0.720. The van der Waals surface area contributed by atoms with Gasteiger partial charge in [-0.15, -0.1) is 0 Å². The molecule has 0 aliphatic rings. The Morgan fingerprint density at radius 2 is 1.69 bits per heavy atom. The summed E-state index contributed by atoms with van der Waals surface area (Å²) in [6.45, 7) is 1.96. The Kier molecular flexibility index (Phi) is 2.19. The van der Waals surface area contributed by atoms with Crippen LogP contribution in [-0.4, -0.2) is 0 Å². The van der Waals surface area contributed by atoms with Gasteiger partial charge in [-0.05, 0) is 23.9 Å². The number of aryl methyl sites for hydroxylation is 1. The Morgan fingerprint density at radius 1 is 1.00 bits per heavy atom. The van der Waals surface area contributed by atoms with Gasteiger partial charge in [-0.3, -0.25) is 0 Å². The van der Waals surface area contributed by atoms with Crippen molar-refractivity contribution in [2.45, 2.75) is 6.92 Å². The SMILES string of the molecule is Cc1cc2ccccc2c(Cl)c1Cl. The Balaban J connectivity index is 2.94. The molecule has 2 rings (SSSR count). The zero-order chi connectivity index (χ0) is 9.42. The third-order valence-electron chi connectivity index (χ3n) is 2.11. The molecule has 0 amide bonds. The van der Waals surface area contributed by atoms with E-state index in [4.69, 9.17) is 23.2 Å². The predicted octanol–water partition coefficient (Wildman–Crippen LogP) is 4.46. The average molecular weight is 211 g/mol. The van der Waals surface area contributed by atoms with Gasteiger partial charge in [-0.2, -0.15) is 0 Å². The molecule has 2 aromatic carbocycles. The first-order valence-corrected chi connectivity index (χ1v) is 4.79. The molecule has 0 saturated heterocycles. The molecule has 0 bridgehead atoms. The van der Waals surface area contributed by atoms with Crippen LogP contribution in [0, 0.1) is 6.92 Å². The minimum absolute atomic E-state index is 0.650. The molecule has 2 heteroatoms. The van der Waals surface area contributed by atoms with Crippen LogP contribution in [0.3, 0.4) is 0 Å². The van der Waals surface area contributed by atoms with E-state index in [2.05, 4.69) is 0 Å². The van der Waals surface area contributed by atoms with E-state index in [9.17, 15) is 0 Å². The van der Waals surface area contributed by atoms with E-state index in [0.717, 1.165) is 16.3 Å². The molecular weight excluding hydrogens is 203 g/mol. The van der Waals surface area contributed by atoms with Crippen LogP contribution in [0.2, 0.25) is 10.0 Å². The lowest BCUT2D eigenvalue weighted by Gasteiger charge is -2.05. The van der Waals surface area contributed by atoms with Crippen molar-refractivity contribution in [3.05, 3.63) is 45.9 Å². The lowest BCUT2D eigenvalue weighted by atomic mass is 10.1. The summed E-state index contributed by atoms with van der Waals surface area (Å²) in [5, 5.41) is 3.45. The van der Waals surface area contributed by atoms with Crippen LogP contribution in [0.4, 0.5) is 0 Å². The summed E-state index contributed by atoms with van der Waals surface area (Å²) in [7, 11) is 0. The second-order valence-electron chi connectivity index (χ2n) is 3.04. The fraction of sp³-hybridized carbons (Fsp3) is 0.0909. The van der Waals surface area contributed by atoms with Crippen LogP contribution in [-0.2, 0) is 0 Å². The molecule has 0 saturated carbocycles. The summed E-state index contributed by atoms with van der Waals surface area (Å²) >= 11 is 12.1. The largest absolute Gasteiger partial charge is 0.0824 e. The van der Waals surface area contributed by atoms with Crippen molar-refractivity contribution < 1.29 is 0 Å². The maximum Gasteiger partial charge on any atom is 0.0673 e. The van der Waals surface area contributed by atoms with Crippen LogP contribution >= 0.6 is 23.2 Å². The average Bonchev–Trinajstić information content (AvgIpc) is 2.15. The van der Waals surface area contributed by atoms with Crippen molar-refractivity contribution in [1.29, 1.82) is 0 Å². The molecule has 0 spiro atoms. The highest BCUT2D eigenvalue weighted by molar-refractivity contribution is 6.45. The van der Waals surface area contributed by atoms with Crippen molar-refractivity contribution in [1.82, 2.24) is 0 Å². The molecule has 13 heavy (non-hydrogen) atoms. The van der Waals surface area contributed by atoms with Gasteiger partial charge in [0, 0.05) is 5.39 Å². The molecular formula is C11H8Cl2. The summed E-state index contributed by atoms with van der Waals surface area (Å²) in [6, 6.07) is 10.0. The van der Waals surface area contributed by atoms with Crippen LogP contribution in [0.15, 0.2) is 30.3 Å². The van der Waals surface area contributed by atoms with Crippen molar-refractivity contribution >= 4 is 34.0 Å². The van der Waals surface area contributed by atoms with E-state index in [1.807, 2.05) is 37.3 Å². The van der Waals surface area contributed by atoms with Gasteiger partial charge < -0.3 is 0 Å². The molecule has 0 fully saturated rings. The van der Waals surface area contributed by atoms with Crippen LogP contribution in [0.5, 0.6) is 0 Å². The summed E-state index contributed by atoms with van der Waals surface area (Å²) in [5.74, 6) is 0. The summed E-state index contributed by atoms with van der Waals surface area (Å²) in [4.78, 5) is 0. The van der Waals surface area contributed by atoms with Gasteiger partial charge in [0.15, 0.2) is 0 Å². The monoisotopic (exact) mass is 210 g/mol. The minimum Gasteiger partial charge on any atom is -0.0824 e. The van der Waals surface area contributed by atoms with Gasteiger partial charge in [-0.1, -0.05) is 47.5 Å². The van der Waals surface area contributed by atoms with Crippen molar-refractivity contribution in [2.24, 2.45) is 0 Å². The van der Waals surface area contributed by atoms with E-state index in [-0.39, 0.29) is 0 Å². The summed E-state index contributed by atoms with van der Waals surface area (Å²) in [5.41, 5.74) is 1.02. The minimum atomic E-state index is 0.650. The summed E-state index contributed by atoms with van der Waals surface area (Å²) in [6.07, 6.45) is 0. The fourth-order valence-electron chi connectivity index (χ4n) is 1.41. The van der Waals surface area contributed by atoms with Crippen molar-refractivity contribution in [2.75, 3.05) is 0 Å². The van der Waals surface area contributed by atoms with E-state index in [1.165, 1.54) is 0 Å². The lowest BCUT2D eigenvalue weighted by Crippen LogP contribution is -1.80. The first kappa shape index (κ1) is 8.86. The third kappa shape index (κ3) is 1.41. The van der Waals surface area contributed by atoms with Crippen LogP contribution < -0.4 is 0 Å². The third-order valence-corrected chi connectivity index (χ3v) is 3.08. The standard InChI is InChI=1S/C11H8Cl2/c1-7-6-8-4-2-3-5-9(8)11(13)10(7)12/h2-6H,1H3. The molecule has 0 aliphatic carbocycles. The number of hydrogen-bond donors (Lipinski definition) is 0. The Labute approximate surface area is 87.1 Å². The first-order valence-electron chi connectivity index (χ1n) is 4.03. The highest BCUT2D eigenvalue weighted by atomic mass is 35.5. The molecule has 2 aromatic rings. The molecule has 0 aliphatic heterocycles. The highest BCUT2D eigenvalue weighted by Gasteiger charge is 2.05. The van der Waals surface area contributed by atoms with E-state index in [0.29, 0.717) is 10.0 Å². The maximum atomic E-state index is 6.10. The van der Waals surface area contributed by atoms with E-state index in [1.54, 1.807) is 0 Å². The molecule has 0 N–H and O–H groups in total. The lowest BCUT2D eigenvalue weighted by molar-refractivity contribution is 1.50. The summed E-state index contributed by atoms with van der Waals surface area (Å²) < 4.78 is 0. The molecule has 0 atom stereocenters. The second kappa shape index (κ2) is 3.21. The van der Waals surface area contributed by atoms with Gasteiger partial charge in [-0.25, -0.2) is 0 Å². The smallest absolute Gasteiger partial charge is 0.0673 e. The van der Waals surface area contributed by atoms with Gasteiger partial charge in [0.25, 0.3) is 0 Å². The van der Waals surface area contributed by atoms with Gasteiger partial charge in [0.05, 0.1) is 10.0 Å². The molecule has 0 unspecified atom stereocenters. The van der Waals surface area contributed by atoms with Crippen LogP contribution in [0.1, 0.15) is 5.56 Å². The first-order chi connectivity index (χ1) is 6.20. The maximum absolute atomic E-state index is 6.10. The second-order valence-corrected chi connectivity index (χ2v) is 3.80. The normalized spacial score (nSPS) is 10.7. The molecule has 0 heterocycles.